The van der Waals surface area contributed by atoms with Crippen LogP contribution >= 0.6 is 0 Å². The smallest absolute Gasteiger partial charge is 0.408 e. The van der Waals surface area contributed by atoms with Gasteiger partial charge in [-0.2, -0.15) is 0 Å². The van der Waals surface area contributed by atoms with Crippen LogP contribution in [0, 0.1) is 0 Å². The van der Waals surface area contributed by atoms with Crippen LogP contribution < -0.4 is 15.4 Å². The van der Waals surface area contributed by atoms with Gasteiger partial charge in [-0.1, -0.05) is 86.6 Å². The molecule has 5 rings (SSSR count). The molecule has 0 aliphatic rings. The Morgan fingerprint density at radius 3 is 2.31 bits per heavy atom. The summed E-state index contributed by atoms with van der Waals surface area (Å²) in [7, 11) is 0. The summed E-state index contributed by atoms with van der Waals surface area (Å²) in [4.78, 5) is 49.0. The van der Waals surface area contributed by atoms with E-state index in [1.165, 1.54) is 17.5 Å². The highest BCUT2D eigenvalue weighted by Gasteiger charge is 2.30. The number of furan rings is 1. The van der Waals surface area contributed by atoms with Crippen LogP contribution in [0.1, 0.15) is 42.0 Å². The zero-order valence-electron chi connectivity index (χ0n) is 27.6. The number of alkyl carbamates (subject to hydrolysis) is 1. The van der Waals surface area contributed by atoms with Crippen molar-refractivity contribution in [1.29, 1.82) is 0 Å². The minimum absolute atomic E-state index is 0.0973. The van der Waals surface area contributed by atoms with Crippen molar-refractivity contribution in [2.75, 3.05) is 13.1 Å². The largest absolute Gasteiger partial charge is 0.489 e. The van der Waals surface area contributed by atoms with Crippen molar-refractivity contribution >= 4 is 17.9 Å². The monoisotopic (exact) mass is 663 g/mol. The van der Waals surface area contributed by atoms with Gasteiger partial charge in [0.2, 0.25) is 11.8 Å². The van der Waals surface area contributed by atoms with Crippen LogP contribution in [0.2, 0.25) is 0 Å². The summed E-state index contributed by atoms with van der Waals surface area (Å²) in [6.45, 7) is 4.64. The number of hydrogen-bond donors (Lipinski definition) is 3. The van der Waals surface area contributed by atoms with Crippen LogP contribution in [0.15, 0.2) is 120 Å². The number of carbonyl (C=O) groups is 3. The summed E-state index contributed by atoms with van der Waals surface area (Å²) < 4.78 is 16.5. The number of rotatable bonds is 16. The molecule has 5 aromatic rings. The lowest BCUT2D eigenvalue weighted by Crippen LogP contribution is -2.52. The highest BCUT2D eigenvalue weighted by atomic mass is 16.6. The SMILES string of the molecule is CC(C)(CNC(=O)CN(Cc1ccc(OCc2ccccc2)cc1)C(=O)[C@H](Cc1cnc[nH]1)NC(=O)OCc1ccco1)c1ccccc1. The predicted octanol–water partition coefficient (Wildman–Crippen LogP) is 5.54. The number of carbonyl (C=O) groups excluding carboxylic acids is 3. The first kappa shape index (κ1) is 34.5. The molecule has 0 aliphatic carbocycles. The molecule has 0 saturated carbocycles. The molecule has 3 aromatic carbocycles. The van der Waals surface area contributed by atoms with Crippen molar-refractivity contribution in [1.82, 2.24) is 25.5 Å². The minimum Gasteiger partial charge on any atom is -0.489 e. The molecule has 11 nitrogen and oxygen atoms in total. The lowest BCUT2D eigenvalue weighted by Gasteiger charge is -2.29. The molecular formula is C38H41N5O6. The highest BCUT2D eigenvalue weighted by Crippen LogP contribution is 2.22. The second-order valence-corrected chi connectivity index (χ2v) is 12.3. The third-order valence-corrected chi connectivity index (χ3v) is 7.97. The zero-order chi connectivity index (χ0) is 34.5. The van der Waals surface area contributed by atoms with E-state index in [-0.39, 0.29) is 37.4 Å². The molecule has 2 heterocycles. The van der Waals surface area contributed by atoms with E-state index in [0.717, 1.165) is 16.7 Å². The maximum Gasteiger partial charge on any atom is 0.408 e. The Labute approximate surface area is 285 Å². The van der Waals surface area contributed by atoms with Crippen molar-refractivity contribution in [3.05, 3.63) is 144 Å². The van der Waals surface area contributed by atoms with E-state index in [9.17, 15) is 14.4 Å². The fraction of sp³-hybridized carbons (Fsp3) is 0.263. The molecule has 11 heteroatoms. The first-order chi connectivity index (χ1) is 23.7. The summed E-state index contributed by atoms with van der Waals surface area (Å²) in [5, 5.41) is 5.69. The van der Waals surface area contributed by atoms with Crippen molar-refractivity contribution in [3.8, 4) is 5.75 Å². The first-order valence-electron chi connectivity index (χ1n) is 16.0. The standard InChI is InChI=1S/C38H41N5O6/c1-38(2,30-12-7-4-8-13-30)26-40-35(44)23-43(22-28-15-17-32(18-16-28)48-24-29-10-5-3-6-11-29)36(45)34(20-31-21-39-27-41-31)42-37(46)49-25-33-14-9-19-47-33/h3-19,21,27,34H,20,22-26H2,1-2H3,(H,39,41)(H,40,44)(H,42,46)/t34-/m0/s1. The second kappa shape index (κ2) is 16.8. The maximum absolute atomic E-state index is 14.2. The number of benzene rings is 3. The van der Waals surface area contributed by atoms with E-state index in [1.54, 1.807) is 18.3 Å². The minimum atomic E-state index is -1.06. The van der Waals surface area contributed by atoms with E-state index < -0.39 is 18.0 Å². The van der Waals surface area contributed by atoms with Gasteiger partial charge in [-0.15, -0.1) is 0 Å². The van der Waals surface area contributed by atoms with Crippen molar-refractivity contribution in [2.24, 2.45) is 0 Å². The van der Waals surface area contributed by atoms with Gasteiger partial charge in [0, 0.05) is 36.8 Å². The van der Waals surface area contributed by atoms with E-state index in [4.69, 9.17) is 13.9 Å². The van der Waals surface area contributed by atoms with Gasteiger partial charge in [-0.3, -0.25) is 9.59 Å². The molecule has 3 N–H and O–H groups in total. The number of nitrogens with one attached hydrogen (secondary N) is 3. The van der Waals surface area contributed by atoms with E-state index in [0.29, 0.717) is 30.4 Å². The van der Waals surface area contributed by atoms with Gasteiger partial charge >= 0.3 is 6.09 Å². The fourth-order valence-corrected chi connectivity index (χ4v) is 5.16. The molecule has 49 heavy (non-hydrogen) atoms. The van der Waals surface area contributed by atoms with Crippen LogP contribution in [-0.2, 0) is 45.9 Å². The first-order valence-corrected chi connectivity index (χ1v) is 16.0. The Morgan fingerprint density at radius 1 is 0.898 bits per heavy atom. The second-order valence-electron chi connectivity index (χ2n) is 12.3. The van der Waals surface area contributed by atoms with Gasteiger partial charge in [-0.25, -0.2) is 9.78 Å². The molecule has 0 aliphatic heterocycles. The Hall–Kier alpha value is -5.84. The van der Waals surface area contributed by atoms with Gasteiger partial charge in [0.15, 0.2) is 6.61 Å². The topological polar surface area (TPSA) is 139 Å². The molecule has 0 spiro atoms. The third kappa shape index (κ3) is 10.6. The highest BCUT2D eigenvalue weighted by molar-refractivity contribution is 5.89. The van der Waals surface area contributed by atoms with Crippen LogP contribution in [0.3, 0.4) is 0 Å². The Balaban J connectivity index is 1.31. The molecule has 0 fully saturated rings. The van der Waals surface area contributed by atoms with Crippen LogP contribution in [0.4, 0.5) is 4.79 Å². The Bertz CT molecular complexity index is 1740. The summed E-state index contributed by atoms with van der Waals surface area (Å²) in [6.07, 6.45) is 3.84. The lowest BCUT2D eigenvalue weighted by molar-refractivity contribution is -0.138. The number of hydrogen-bond acceptors (Lipinski definition) is 7. The molecule has 254 valence electrons. The average molecular weight is 664 g/mol. The van der Waals surface area contributed by atoms with E-state index in [2.05, 4.69) is 20.6 Å². The summed E-state index contributed by atoms with van der Waals surface area (Å²) in [5.41, 5.74) is 3.18. The quantitative estimate of drug-likeness (QED) is 0.126. The van der Waals surface area contributed by atoms with Gasteiger partial charge in [-0.05, 0) is 41.0 Å². The number of aromatic nitrogens is 2. The molecule has 3 amide bonds. The third-order valence-electron chi connectivity index (χ3n) is 7.97. The summed E-state index contributed by atoms with van der Waals surface area (Å²) >= 11 is 0. The molecule has 1 atom stereocenters. The van der Waals surface area contributed by atoms with Crippen molar-refractivity contribution in [2.45, 2.75) is 51.5 Å². The van der Waals surface area contributed by atoms with Crippen molar-refractivity contribution < 1.29 is 28.3 Å². The normalized spacial score (nSPS) is 11.7. The zero-order valence-corrected chi connectivity index (χ0v) is 27.6. The molecule has 0 radical (unpaired) electrons. The van der Waals surface area contributed by atoms with Gasteiger partial charge in [0.25, 0.3) is 0 Å². The van der Waals surface area contributed by atoms with Gasteiger partial charge in [0.1, 0.15) is 24.2 Å². The predicted molar refractivity (Wildman–Crippen MR) is 183 cm³/mol. The number of amides is 3. The molecule has 0 bridgehead atoms. The molecule has 0 unspecified atom stereocenters. The van der Waals surface area contributed by atoms with E-state index >= 15 is 0 Å². The summed E-state index contributed by atoms with van der Waals surface area (Å²) in [6, 6.07) is 29.4. The van der Waals surface area contributed by atoms with Gasteiger partial charge in [0.05, 0.1) is 19.1 Å². The van der Waals surface area contributed by atoms with Crippen molar-refractivity contribution in [3.63, 3.8) is 0 Å². The van der Waals surface area contributed by atoms with Crippen LogP contribution in [0.5, 0.6) is 5.75 Å². The number of H-pyrrole nitrogens is 1. The number of imidazole rings is 1. The van der Waals surface area contributed by atoms with Crippen LogP contribution in [-0.4, -0.2) is 51.9 Å². The Kier molecular flexibility index (Phi) is 11.8. The fourth-order valence-electron chi connectivity index (χ4n) is 5.16. The molecule has 0 saturated heterocycles. The summed E-state index contributed by atoms with van der Waals surface area (Å²) in [5.74, 6) is 0.330. The van der Waals surface area contributed by atoms with Crippen LogP contribution in [0.25, 0.3) is 0 Å². The number of nitrogens with zero attached hydrogens (tertiary/aromatic N) is 2. The average Bonchev–Trinajstić information content (AvgIpc) is 3.85. The number of aromatic amines is 1. The Morgan fingerprint density at radius 2 is 1.63 bits per heavy atom. The molecular weight excluding hydrogens is 622 g/mol. The van der Waals surface area contributed by atoms with E-state index in [1.807, 2.05) is 98.8 Å². The van der Waals surface area contributed by atoms with Gasteiger partial charge < -0.3 is 34.4 Å². The molecule has 2 aromatic heterocycles. The lowest BCUT2D eigenvalue weighted by atomic mass is 9.84. The maximum atomic E-state index is 14.2. The number of ether oxygens (including phenoxy) is 2.